The zero-order valence-corrected chi connectivity index (χ0v) is 37.7. The van der Waals surface area contributed by atoms with Gasteiger partial charge < -0.3 is 48.8 Å². The summed E-state index contributed by atoms with van der Waals surface area (Å²) >= 11 is 1.80. The highest BCUT2D eigenvalue weighted by atomic mass is 32.2. The normalized spacial score (nSPS) is 19.5. The van der Waals surface area contributed by atoms with Crippen molar-refractivity contribution in [2.75, 3.05) is 89.3 Å². The maximum Gasteiger partial charge on any atom is 0.257 e. The predicted molar refractivity (Wildman–Crippen MR) is 246 cm³/mol. The molecule has 3 aromatic rings. The van der Waals surface area contributed by atoms with Crippen LogP contribution in [0.25, 0.3) is 0 Å². The summed E-state index contributed by atoms with van der Waals surface area (Å²) in [7, 11) is 1.58. The summed E-state index contributed by atoms with van der Waals surface area (Å²) < 4.78 is 30.1. The summed E-state index contributed by atoms with van der Waals surface area (Å²) in [5.41, 5.74) is 7.83. The number of rotatable bonds is 19. The van der Waals surface area contributed by atoms with Crippen LogP contribution in [0.1, 0.15) is 72.4 Å². The number of anilines is 2. The summed E-state index contributed by atoms with van der Waals surface area (Å²) in [6.45, 7) is 13.9. The highest BCUT2D eigenvalue weighted by Crippen LogP contribution is 2.40. The largest absolute Gasteiger partial charge is 0.493 e. The van der Waals surface area contributed by atoms with Crippen LogP contribution < -0.4 is 24.4 Å². The van der Waals surface area contributed by atoms with Gasteiger partial charge in [0.15, 0.2) is 11.5 Å². The fourth-order valence-corrected chi connectivity index (χ4v) is 8.64. The highest BCUT2D eigenvalue weighted by molar-refractivity contribution is 7.99. The number of hydrogen-bond donors (Lipinski definition) is 2. The van der Waals surface area contributed by atoms with Crippen LogP contribution >= 0.6 is 11.8 Å². The summed E-state index contributed by atoms with van der Waals surface area (Å²) in [5.74, 6) is 1.57. The molecule has 2 atom stereocenters. The van der Waals surface area contributed by atoms with Gasteiger partial charge >= 0.3 is 0 Å². The Morgan fingerprint density at radius 3 is 2.31 bits per heavy atom. The molecule has 2 amide bonds. The molecule has 3 aromatic carbocycles. The molecule has 0 saturated carbocycles. The topological polar surface area (TPSA) is 135 Å². The molecule has 4 heterocycles. The van der Waals surface area contributed by atoms with E-state index in [1.54, 1.807) is 31.0 Å². The van der Waals surface area contributed by atoms with Gasteiger partial charge in [-0.05, 0) is 94.3 Å². The molecule has 0 radical (unpaired) electrons. The standard InChI is InChI=1S/C48H61N5O8S/c1-7-32-18-37-25-49-42-22-39(9-10-40(42)46(55)52(37)27-32)60-29-34-17-35(21-36(20-34)51(31-48(3,4)62-6)11-13-58-15-16-59-14-12-54)30-61-45-24-43-41(23-44(45)57-5)47(56)53-28-33(8-2)19-38(53)26-50-43/h7-10,17,20-24,26,37-38,49,54H,11-16,18-19,25,27-31H2,1-6H3/b32-7-,33-8+/t37-,38-/m0/s1. The third-order valence-corrected chi connectivity index (χ3v) is 13.2. The van der Waals surface area contributed by atoms with Crippen molar-refractivity contribution in [1.82, 2.24) is 9.80 Å². The van der Waals surface area contributed by atoms with Crippen LogP contribution in [0.3, 0.4) is 0 Å². The van der Waals surface area contributed by atoms with Crippen molar-refractivity contribution in [3.8, 4) is 17.2 Å². The molecule has 7 rings (SSSR count). The number of methoxy groups -OCH3 is 1. The summed E-state index contributed by atoms with van der Waals surface area (Å²) in [5, 5.41) is 12.6. The van der Waals surface area contributed by atoms with Gasteiger partial charge in [-0.25, -0.2) is 0 Å². The van der Waals surface area contributed by atoms with Crippen LogP contribution in [0.15, 0.2) is 76.8 Å². The Morgan fingerprint density at radius 2 is 1.58 bits per heavy atom. The van der Waals surface area contributed by atoms with Crippen molar-refractivity contribution in [1.29, 1.82) is 0 Å². The first kappa shape index (κ1) is 45.0. The molecule has 14 heteroatoms. The Kier molecular flexibility index (Phi) is 14.8. The Labute approximate surface area is 370 Å². The Morgan fingerprint density at radius 1 is 0.871 bits per heavy atom. The second-order valence-electron chi connectivity index (χ2n) is 16.7. The molecule has 0 aliphatic carbocycles. The first-order valence-electron chi connectivity index (χ1n) is 21.5. The molecule has 0 bridgehead atoms. The van der Waals surface area contributed by atoms with Gasteiger partial charge in [-0.15, -0.1) is 0 Å². The molecule has 0 aromatic heterocycles. The molecule has 62 heavy (non-hydrogen) atoms. The molecule has 0 unspecified atom stereocenters. The number of amides is 2. The molecule has 4 aliphatic rings. The lowest BCUT2D eigenvalue weighted by atomic mass is 10.1. The summed E-state index contributed by atoms with van der Waals surface area (Å²) in [6, 6.07) is 15.6. The van der Waals surface area contributed by atoms with Gasteiger partial charge in [0, 0.05) is 61.5 Å². The molecule has 2 fully saturated rings. The van der Waals surface area contributed by atoms with Gasteiger partial charge in [-0.3, -0.25) is 14.6 Å². The van der Waals surface area contributed by atoms with E-state index in [2.05, 4.69) is 60.7 Å². The zero-order valence-electron chi connectivity index (χ0n) is 36.9. The van der Waals surface area contributed by atoms with Gasteiger partial charge in [0.25, 0.3) is 11.8 Å². The number of aliphatic hydroxyl groups is 1. The summed E-state index contributed by atoms with van der Waals surface area (Å²) in [6.07, 6.45) is 9.84. The van der Waals surface area contributed by atoms with E-state index in [1.807, 2.05) is 48.1 Å². The lowest BCUT2D eigenvalue weighted by molar-refractivity contribution is 0.0351. The zero-order chi connectivity index (χ0) is 43.8. The van der Waals surface area contributed by atoms with E-state index in [1.165, 1.54) is 11.1 Å². The van der Waals surface area contributed by atoms with E-state index < -0.39 is 0 Å². The van der Waals surface area contributed by atoms with E-state index in [4.69, 9.17) is 33.8 Å². The van der Waals surface area contributed by atoms with Crippen LogP contribution in [-0.2, 0) is 22.7 Å². The lowest BCUT2D eigenvalue weighted by Gasteiger charge is -2.33. The number of benzene rings is 3. The molecule has 4 aliphatic heterocycles. The van der Waals surface area contributed by atoms with Crippen molar-refractivity contribution in [2.24, 2.45) is 4.99 Å². The number of carbonyl (C=O) groups is 2. The second kappa shape index (κ2) is 20.4. The number of ether oxygens (including phenoxy) is 5. The Hall–Kier alpha value is -5.02. The Balaban J connectivity index is 1.14. The molecule has 13 nitrogen and oxygen atoms in total. The van der Waals surface area contributed by atoms with Crippen molar-refractivity contribution in [2.45, 2.75) is 70.6 Å². The number of aliphatic hydroxyl groups excluding tert-OH is 1. The minimum absolute atomic E-state index is 0.0203. The lowest BCUT2D eigenvalue weighted by Crippen LogP contribution is -2.39. The van der Waals surface area contributed by atoms with Crippen LogP contribution in [-0.4, -0.2) is 129 Å². The van der Waals surface area contributed by atoms with Gasteiger partial charge in [0.05, 0.1) is 74.7 Å². The van der Waals surface area contributed by atoms with Gasteiger partial charge in [0.2, 0.25) is 0 Å². The number of hydrogen-bond acceptors (Lipinski definition) is 12. The summed E-state index contributed by atoms with van der Waals surface area (Å²) in [4.78, 5) is 38.3. The monoisotopic (exact) mass is 867 g/mol. The maximum atomic E-state index is 13.7. The second-order valence-corrected chi connectivity index (χ2v) is 18.2. The van der Waals surface area contributed by atoms with E-state index in [0.717, 1.165) is 41.9 Å². The molecule has 332 valence electrons. The van der Waals surface area contributed by atoms with Gasteiger partial charge in [-0.2, -0.15) is 11.8 Å². The quantitative estimate of drug-likeness (QED) is 0.0930. The molecule has 2 N–H and O–H groups in total. The fourth-order valence-electron chi connectivity index (χ4n) is 8.35. The van der Waals surface area contributed by atoms with Crippen LogP contribution in [0.5, 0.6) is 17.2 Å². The first-order chi connectivity index (χ1) is 30.0. The average molecular weight is 868 g/mol. The highest BCUT2D eigenvalue weighted by Gasteiger charge is 2.36. The van der Waals surface area contributed by atoms with E-state index in [9.17, 15) is 9.59 Å². The van der Waals surface area contributed by atoms with Crippen LogP contribution in [0.2, 0.25) is 0 Å². The minimum Gasteiger partial charge on any atom is -0.493 e. The van der Waals surface area contributed by atoms with E-state index in [-0.39, 0.29) is 55.1 Å². The number of thioether (sulfide) groups is 1. The Bertz CT molecular complexity index is 2190. The van der Waals surface area contributed by atoms with Crippen LogP contribution in [0.4, 0.5) is 17.1 Å². The number of nitrogens with zero attached hydrogens (tertiary/aromatic N) is 4. The molecular weight excluding hydrogens is 807 g/mol. The van der Waals surface area contributed by atoms with E-state index in [0.29, 0.717) is 80.1 Å². The first-order valence-corrected chi connectivity index (χ1v) is 22.7. The van der Waals surface area contributed by atoms with Crippen molar-refractivity contribution in [3.63, 3.8) is 0 Å². The molecular formula is C48H61N5O8S. The third-order valence-electron chi connectivity index (χ3n) is 12.0. The van der Waals surface area contributed by atoms with Crippen LogP contribution in [0, 0.1) is 0 Å². The smallest absolute Gasteiger partial charge is 0.257 e. The van der Waals surface area contributed by atoms with E-state index >= 15 is 0 Å². The van der Waals surface area contributed by atoms with Crippen molar-refractivity contribution < 1.29 is 38.4 Å². The van der Waals surface area contributed by atoms with Gasteiger partial charge in [0.1, 0.15) is 19.0 Å². The fraction of sp³-hybridized carbons (Fsp3) is 0.479. The van der Waals surface area contributed by atoms with Crippen molar-refractivity contribution in [3.05, 3.63) is 94.1 Å². The van der Waals surface area contributed by atoms with Crippen molar-refractivity contribution >= 4 is 46.9 Å². The number of nitrogens with one attached hydrogen (secondary N) is 1. The third kappa shape index (κ3) is 10.6. The van der Waals surface area contributed by atoms with Gasteiger partial charge in [-0.1, -0.05) is 23.3 Å². The average Bonchev–Trinajstić information content (AvgIpc) is 3.85. The number of carbonyl (C=O) groups excluding carboxylic acids is 2. The number of allylic oxidation sites excluding steroid dienone is 2. The predicted octanol–water partition coefficient (Wildman–Crippen LogP) is 7.29. The molecule has 0 spiro atoms. The molecule has 2 saturated heterocycles. The number of fused-ring (bicyclic) bond motifs is 4. The SMILES string of the molecule is C/C=C1/C[C@H]2CNc3cc(OCc4cc(COc5cc6c(cc5OC)C(=O)N5C/C(=C/C)C[C@H]5C=N6)cc(N(CCOCCOCCO)CC(C)(C)SC)c4)ccc3C(=O)N2C1. The number of aliphatic imine (C=N–C) groups is 1. The minimum atomic E-state index is -0.0853. The maximum absolute atomic E-state index is 13.7.